The van der Waals surface area contributed by atoms with Gasteiger partial charge in [-0.25, -0.2) is 0 Å². The van der Waals surface area contributed by atoms with Crippen molar-refractivity contribution in [3.05, 3.63) is 34.9 Å². The van der Waals surface area contributed by atoms with E-state index in [2.05, 4.69) is 25.1 Å². The van der Waals surface area contributed by atoms with Crippen LogP contribution in [0.4, 0.5) is 0 Å². The summed E-state index contributed by atoms with van der Waals surface area (Å²) < 4.78 is 0. The van der Waals surface area contributed by atoms with Crippen LogP contribution in [-0.4, -0.2) is 22.2 Å². The van der Waals surface area contributed by atoms with Gasteiger partial charge < -0.3 is 10.2 Å². The fourth-order valence-electron chi connectivity index (χ4n) is 5.02. The first-order valence-corrected chi connectivity index (χ1v) is 15.1. The van der Waals surface area contributed by atoms with Crippen molar-refractivity contribution >= 4 is 11.9 Å². The van der Waals surface area contributed by atoms with Crippen LogP contribution in [-0.2, 0) is 28.9 Å². The predicted molar refractivity (Wildman–Crippen MR) is 151 cm³/mol. The molecule has 0 spiro atoms. The van der Waals surface area contributed by atoms with Gasteiger partial charge in [0, 0.05) is 12.8 Å². The van der Waals surface area contributed by atoms with Gasteiger partial charge in [-0.1, -0.05) is 109 Å². The first-order chi connectivity index (χ1) is 17.5. The van der Waals surface area contributed by atoms with E-state index in [0.29, 0.717) is 12.8 Å². The number of hydrogen-bond donors (Lipinski definition) is 2. The van der Waals surface area contributed by atoms with Crippen LogP contribution >= 0.6 is 0 Å². The Labute approximate surface area is 221 Å². The molecule has 0 saturated carbocycles. The number of rotatable bonds is 25. The summed E-state index contributed by atoms with van der Waals surface area (Å²) >= 11 is 0. The van der Waals surface area contributed by atoms with Crippen LogP contribution in [0, 0.1) is 0 Å². The zero-order chi connectivity index (χ0) is 26.3. The number of unbranched alkanes of at least 4 members (excludes halogenated alkanes) is 15. The van der Waals surface area contributed by atoms with Crippen LogP contribution in [0.2, 0.25) is 0 Å². The Kier molecular flexibility index (Phi) is 20.0. The maximum atomic E-state index is 10.7. The zero-order valence-corrected chi connectivity index (χ0v) is 23.2. The molecule has 0 aromatic heterocycles. The summed E-state index contributed by atoms with van der Waals surface area (Å²) in [5, 5.41) is 17.6. The van der Waals surface area contributed by atoms with E-state index < -0.39 is 11.9 Å². The van der Waals surface area contributed by atoms with Crippen LogP contribution in [0.5, 0.6) is 0 Å². The molecule has 1 aromatic rings. The van der Waals surface area contributed by atoms with Gasteiger partial charge in [0.15, 0.2) is 0 Å². The van der Waals surface area contributed by atoms with Gasteiger partial charge in [0.2, 0.25) is 0 Å². The molecule has 0 atom stereocenters. The first-order valence-electron chi connectivity index (χ1n) is 15.1. The molecule has 0 aliphatic heterocycles. The Morgan fingerprint density at radius 1 is 0.528 bits per heavy atom. The first kappa shape index (κ1) is 32.2. The third-order valence-corrected chi connectivity index (χ3v) is 7.26. The second kappa shape index (κ2) is 22.4. The second-order valence-electron chi connectivity index (χ2n) is 10.7. The largest absolute Gasteiger partial charge is 0.481 e. The van der Waals surface area contributed by atoms with E-state index in [1.807, 2.05) is 0 Å². The number of carbonyl (C=O) groups is 2. The van der Waals surface area contributed by atoms with Crippen molar-refractivity contribution in [1.29, 1.82) is 0 Å². The Hall–Kier alpha value is -1.84. The summed E-state index contributed by atoms with van der Waals surface area (Å²) in [4.78, 5) is 21.3. The molecule has 0 saturated heterocycles. The number of benzene rings is 1. The molecule has 1 aromatic carbocycles. The third kappa shape index (κ3) is 18.4. The minimum Gasteiger partial charge on any atom is -0.481 e. The molecule has 0 bridgehead atoms. The summed E-state index contributed by atoms with van der Waals surface area (Å²) in [5.74, 6) is -1.37. The van der Waals surface area contributed by atoms with Gasteiger partial charge >= 0.3 is 11.9 Å². The normalized spacial score (nSPS) is 11.1. The smallest absolute Gasteiger partial charge is 0.303 e. The van der Waals surface area contributed by atoms with Crippen LogP contribution in [0.1, 0.15) is 152 Å². The van der Waals surface area contributed by atoms with E-state index in [-0.39, 0.29) is 0 Å². The highest BCUT2D eigenvalue weighted by molar-refractivity contribution is 5.66. The van der Waals surface area contributed by atoms with Crippen molar-refractivity contribution in [3.8, 4) is 0 Å². The number of hydrogen-bond acceptors (Lipinski definition) is 2. The highest BCUT2D eigenvalue weighted by atomic mass is 16.4. The lowest BCUT2D eigenvalue weighted by molar-refractivity contribution is -0.138. The summed E-state index contributed by atoms with van der Waals surface area (Å²) in [7, 11) is 0. The molecule has 0 heterocycles. The molecular weight excluding hydrogens is 448 g/mol. The van der Waals surface area contributed by atoms with Gasteiger partial charge in [0.05, 0.1) is 0 Å². The van der Waals surface area contributed by atoms with Gasteiger partial charge in [-0.15, -0.1) is 0 Å². The molecule has 2 N–H and O–H groups in total. The minimum absolute atomic E-state index is 0.292. The van der Waals surface area contributed by atoms with Gasteiger partial charge in [-0.05, 0) is 68.1 Å². The molecule has 0 radical (unpaired) electrons. The second-order valence-corrected chi connectivity index (χ2v) is 10.7. The highest BCUT2D eigenvalue weighted by Crippen LogP contribution is 2.21. The number of carboxylic acid groups (broad SMARTS) is 2. The average Bonchev–Trinajstić information content (AvgIpc) is 2.85. The van der Waals surface area contributed by atoms with Gasteiger partial charge in [0.1, 0.15) is 0 Å². The van der Waals surface area contributed by atoms with Crippen molar-refractivity contribution in [2.75, 3.05) is 0 Å². The van der Waals surface area contributed by atoms with E-state index in [9.17, 15) is 9.59 Å². The molecule has 0 amide bonds. The molecule has 36 heavy (non-hydrogen) atoms. The molecule has 0 fully saturated rings. The third-order valence-electron chi connectivity index (χ3n) is 7.26. The van der Waals surface area contributed by atoms with Crippen molar-refractivity contribution in [1.82, 2.24) is 0 Å². The number of carboxylic acids is 2. The standard InChI is InChI=1S/C32H54O4/c1-2-3-4-5-6-7-10-15-20-28-25-26-29(21-16-11-8-13-18-23-31(33)34)30(27-28)22-17-12-9-14-19-24-32(35)36/h25-27H,2-24H2,1H3,(H,33,34)(H,35,36). The Morgan fingerprint density at radius 2 is 0.944 bits per heavy atom. The number of aryl methyl sites for hydroxylation is 3. The summed E-state index contributed by atoms with van der Waals surface area (Å²) in [5.41, 5.74) is 4.49. The van der Waals surface area contributed by atoms with E-state index in [1.54, 1.807) is 0 Å². The van der Waals surface area contributed by atoms with Crippen LogP contribution in [0.25, 0.3) is 0 Å². The summed E-state index contributed by atoms with van der Waals surface area (Å²) in [6.45, 7) is 2.27. The molecule has 0 unspecified atom stereocenters. The Morgan fingerprint density at radius 3 is 1.44 bits per heavy atom. The van der Waals surface area contributed by atoms with E-state index >= 15 is 0 Å². The number of aliphatic carboxylic acids is 2. The topological polar surface area (TPSA) is 74.6 Å². The molecule has 206 valence electrons. The fraction of sp³-hybridized carbons (Fsp3) is 0.750. The van der Waals surface area contributed by atoms with Crippen LogP contribution in [0.15, 0.2) is 18.2 Å². The van der Waals surface area contributed by atoms with Crippen molar-refractivity contribution in [3.63, 3.8) is 0 Å². The lowest BCUT2D eigenvalue weighted by atomic mass is 9.93. The monoisotopic (exact) mass is 502 g/mol. The maximum Gasteiger partial charge on any atom is 0.303 e. The summed E-state index contributed by atoms with van der Waals surface area (Å²) in [6, 6.07) is 7.18. The van der Waals surface area contributed by atoms with Crippen molar-refractivity contribution in [2.45, 2.75) is 155 Å². The molecule has 4 nitrogen and oxygen atoms in total. The van der Waals surface area contributed by atoms with Gasteiger partial charge in [-0.2, -0.15) is 0 Å². The summed E-state index contributed by atoms with van der Waals surface area (Å²) in [6.07, 6.45) is 25.4. The van der Waals surface area contributed by atoms with Crippen LogP contribution in [0.3, 0.4) is 0 Å². The quantitative estimate of drug-likeness (QED) is 0.131. The minimum atomic E-state index is -0.686. The lowest BCUT2D eigenvalue weighted by Crippen LogP contribution is -1.99. The fourth-order valence-corrected chi connectivity index (χ4v) is 5.02. The molecule has 1 rings (SSSR count). The molecule has 0 aliphatic carbocycles. The van der Waals surface area contributed by atoms with Crippen molar-refractivity contribution in [2.24, 2.45) is 0 Å². The highest BCUT2D eigenvalue weighted by Gasteiger charge is 2.06. The Bertz CT molecular complexity index is 697. The predicted octanol–water partition coefficient (Wildman–Crippen LogP) is 9.31. The maximum absolute atomic E-state index is 10.7. The van der Waals surface area contributed by atoms with E-state index in [4.69, 9.17) is 10.2 Å². The molecule has 0 aliphatic rings. The average molecular weight is 503 g/mol. The van der Waals surface area contributed by atoms with Crippen molar-refractivity contribution < 1.29 is 19.8 Å². The lowest BCUT2D eigenvalue weighted by Gasteiger charge is -2.13. The Balaban J connectivity index is 2.44. The van der Waals surface area contributed by atoms with E-state index in [1.165, 1.54) is 100 Å². The SMILES string of the molecule is CCCCCCCCCCc1ccc(CCCCCCCC(=O)O)c(CCCCCCCC(=O)O)c1. The van der Waals surface area contributed by atoms with E-state index in [0.717, 1.165) is 51.4 Å². The van der Waals surface area contributed by atoms with Gasteiger partial charge in [0.25, 0.3) is 0 Å². The molecule has 4 heteroatoms. The molecular formula is C32H54O4. The van der Waals surface area contributed by atoms with Gasteiger partial charge in [-0.3, -0.25) is 9.59 Å². The van der Waals surface area contributed by atoms with Crippen LogP contribution < -0.4 is 0 Å². The zero-order valence-electron chi connectivity index (χ0n) is 23.2.